The van der Waals surface area contributed by atoms with E-state index >= 15 is 0 Å². The Morgan fingerprint density at radius 1 is 0.417 bits per heavy atom. The van der Waals surface area contributed by atoms with E-state index in [0.717, 1.165) is 37.6 Å². The maximum Gasteiger partial charge on any atom is 0.161 e. The molecule has 0 aliphatic carbocycles. The first-order valence-electron chi connectivity index (χ1n) is 15.0. The highest BCUT2D eigenvalue weighted by Crippen LogP contribution is 2.35. The van der Waals surface area contributed by atoms with Gasteiger partial charge in [-0.1, -0.05) is 128 Å². The number of rotatable bonds is 20. The predicted molar refractivity (Wildman–Crippen MR) is 158 cm³/mol. The van der Waals surface area contributed by atoms with Crippen molar-refractivity contribution in [1.29, 1.82) is 0 Å². The number of hydrogen-bond donors (Lipinski definition) is 0. The zero-order valence-corrected chi connectivity index (χ0v) is 23.2. The monoisotopic (exact) mass is 490 g/mol. The summed E-state index contributed by atoms with van der Waals surface area (Å²) in [6, 6.07) is 17.5. The van der Waals surface area contributed by atoms with Crippen LogP contribution in [0.25, 0.3) is 21.5 Å². The summed E-state index contributed by atoms with van der Waals surface area (Å²) in [5, 5.41) is 4.98. The zero-order chi connectivity index (χ0) is 25.3. The molecule has 0 radical (unpaired) electrons. The van der Waals surface area contributed by atoms with Crippen molar-refractivity contribution in [3.05, 3.63) is 48.5 Å². The van der Waals surface area contributed by atoms with E-state index in [1.54, 1.807) is 0 Å². The molecule has 0 fully saturated rings. The molecule has 198 valence electrons. The molecule has 36 heavy (non-hydrogen) atoms. The molecule has 0 atom stereocenters. The van der Waals surface area contributed by atoms with Crippen LogP contribution < -0.4 is 9.47 Å². The highest BCUT2D eigenvalue weighted by Gasteiger charge is 2.10. The summed E-state index contributed by atoms with van der Waals surface area (Å²) in [5.74, 6) is 1.81. The van der Waals surface area contributed by atoms with Gasteiger partial charge >= 0.3 is 0 Å². The Hall–Kier alpha value is -2.22. The Morgan fingerprint density at radius 3 is 1.17 bits per heavy atom. The van der Waals surface area contributed by atoms with Crippen LogP contribution in [0, 0.1) is 0 Å². The van der Waals surface area contributed by atoms with Gasteiger partial charge < -0.3 is 9.47 Å². The molecular weight excluding hydrogens is 440 g/mol. The zero-order valence-electron chi connectivity index (χ0n) is 23.2. The third-order valence-corrected chi connectivity index (χ3v) is 7.28. The Labute approximate surface area is 220 Å². The minimum absolute atomic E-state index is 0.766. The smallest absolute Gasteiger partial charge is 0.161 e. The fourth-order valence-electron chi connectivity index (χ4n) is 5.01. The molecule has 0 bridgehead atoms. The van der Waals surface area contributed by atoms with Crippen molar-refractivity contribution in [2.75, 3.05) is 13.2 Å². The molecule has 0 spiro atoms. The highest BCUT2D eigenvalue weighted by atomic mass is 16.5. The molecule has 0 amide bonds. The molecule has 2 heteroatoms. The summed E-state index contributed by atoms with van der Waals surface area (Å²) in [4.78, 5) is 0. The first kappa shape index (κ1) is 28.4. The van der Waals surface area contributed by atoms with Gasteiger partial charge in [-0.05, 0) is 58.7 Å². The third-order valence-electron chi connectivity index (χ3n) is 7.28. The van der Waals surface area contributed by atoms with E-state index < -0.39 is 0 Å². The number of benzene rings is 3. The summed E-state index contributed by atoms with van der Waals surface area (Å²) in [5.41, 5.74) is 0. The molecule has 0 aliphatic heterocycles. The van der Waals surface area contributed by atoms with Gasteiger partial charge in [-0.25, -0.2) is 0 Å². The molecule has 0 N–H and O–H groups in total. The van der Waals surface area contributed by atoms with Crippen molar-refractivity contribution in [3.63, 3.8) is 0 Å². The Balaban J connectivity index is 1.53. The summed E-state index contributed by atoms with van der Waals surface area (Å²) < 4.78 is 12.6. The number of ether oxygens (including phenoxy) is 2. The van der Waals surface area contributed by atoms with Gasteiger partial charge in [0.15, 0.2) is 11.5 Å². The van der Waals surface area contributed by atoms with E-state index in [1.165, 1.54) is 111 Å². The minimum atomic E-state index is 0.766. The summed E-state index contributed by atoms with van der Waals surface area (Å²) in [6.07, 6.45) is 21.0. The molecular formula is C34H50O2. The maximum absolute atomic E-state index is 6.31. The minimum Gasteiger partial charge on any atom is -0.490 e. The van der Waals surface area contributed by atoms with Crippen LogP contribution in [0.5, 0.6) is 11.5 Å². The van der Waals surface area contributed by atoms with Crippen molar-refractivity contribution < 1.29 is 9.47 Å². The third kappa shape index (κ3) is 10.0. The van der Waals surface area contributed by atoms with E-state index in [-0.39, 0.29) is 0 Å². The first-order chi connectivity index (χ1) is 17.8. The lowest BCUT2D eigenvalue weighted by Crippen LogP contribution is -2.03. The first-order valence-corrected chi connectivity index (χ1v) is 15.0. The van der Waals surface area contributed by atoms with E-state index in [4.69, 9.17) is 9.47 Å². The molecule has 0 aliphatic rings. The molecule has 3 rings (SSSR count). The van der Waals surface area contributed by atoms with Crippen LogP contribution in [0.1, 0.15) is 117 Å². The SMILES string of the molecule is CCCCCCCCCCOc1cc2cc3ccccc3cc2cc1OCCCCCCCCCC. The largest absolute Gasteiger partial charge is 0.490 e. The second-order valence-corrected chi connectivity index (χ2v) is 10.5. The molecule has 0 heterocycles. The van der Waals surface area contributed by atoms with Gasteiger partial charge in [0.05, 0.1) is 13.2 Å². The van der Waals surface area contributed by atoms with Crippen LogP contribution in [-0.4, -0.2) is 13.2 Å². The summed E-state index contributed by atoms with van der Waals surface area (Å²) in [6.45, 7) is 6.09. The molecule has 0 saturated carbocycles. The average molecular weight is 491 g/mol. The van der Waals surface area contributed by atoms with Crippen molar-refractivity contribution in [2.24, 2.45) is 0 Å². The van der Waals surface area contributed by atoms with E-state index in [9.17, 15) is 0 Å². The lowest BCUT2D eigenvalue weighted by molar-refractivity contribution is 0.259. The van der Waals surface area contributed by atoms with Crippen molar-refractivity contribution in [3.8, 4) is 11.5 Å². The number of fused-ring (bicyclic) bond motifs is 2. The second kappa shape index (κ2) is 17.3. The topological polar surface area (TPSA) is 18.5 Å². The van der Waals surface area contributed by atoms with Gasteiger partial charge in [-0.15, -0.1) is 0 Å². The van der Waals surface area contributed by atoms with Crippen molar-refractivity contribution in [2.45, 2.75) is 117 Å². The molecule has 0 saturated heterocycles. The van der Waals surface area contributed by atoms with Gasteiger partial charge in [-0.3, -0.25) is 0 Å². The average Bonchev–Trinajstić information content (AvgIpc) is 2.90. The normalized spacial score (nSPS) is 11.4. The van der Waals surface area contributed by atoms with Crippen LogP contribution in [0.4, 0.5) is 0 Å². The predicted octanol–water partition coefficient (Wildman–Crippen LogP) is 11.0. The summed E-state index contributed by atoms with van der Waals surface area (Å²) >= 11 is 0. The maximum atomic E-state index is 6.31. The quantitative estimate of drug-likeness (QED) is 0.116. The van der Waals surface area contributed by atoms with Crippen molar-refractivity contribution >= 4 is 21.5 Å². The molecule has 3 aromatic rings. The Bertz CT molecular complexity index is 913. The van der Waals surface area contributed by atoms with E-state index in [0.29, 0.717) is 0 Å². The fraction of sp³-hybridized carbons (Fsp3) is 0.588. The highest BCUT2D eigenvalue weighted by molar-refractivity contribution is 5.99. The van der Waals surface area contributed by atoms with Gasteiger partial charge in [0.25, 0.3) is 0 Å². The molecule has 0 aromatic heterocycles. The lowest BCUT2D eigenvalue weighted by Gasteiger charge is -2.15. The number of unbranched alkanes of at least 4 members (excludes halogenated alkanes) is 14. The molecule has 3 aromatic carbocycles. The van der Waals surface area contributed by atoms with Crippen LogP contribution >= 0.6 is 0 Å². The molecule has 0 unspecified atom stereocenters. The standard InChI is InChI=1S/C34H50O2/c1-3-5-7-9-11-13-15-19-23-35-33-27-31-25-29-21-17-18-22-30(29)26-32(31)28-34(33)36-24-20-16-14-12-10-8-6-4-2/h17-18,21-22,25-28H,3-16,19-20,23-24H2,1-2H3. The van der Waals surface area contributed by atoms with Gasteiger partial charge in [0.2, 0.25) is 0 Å². The lowest BCUT2D eigenvalue weighted by atomic mass is 10.0. The number of hydrogen-bond acceptors (Lipinski definition) is 2. The molecule has 2 nitrogen and oxygen atoms in total. The summed E-state index contributed by atoms with van der Waals surface area (Å²) in [7, 11) is 0. The van der Waals surface area contributed by atoms with Gasteiger partial charge in [-0.2, -0.15) is 0 Å². The van der Waals surface area contributed by atoms with Crippen LogP contribution in [-0.2, 0) is 0 Å². The van der Waals surface area contributed by atoms with Crippen molar-refractivity contribution in [1.82, 2.24) is 0 Å². The van der Waals surface area contributed by atoms with Crippen LogP contribution in [0.2, 0.25) is 0 Å². The second-order valence-electron chi connectivity index (χ2n) is 10.5. The van der Waals surface area contributed by atoms with Gasteiger partial charge in [0.1, 0.15) is 0 Å². The Morgan fingerprint density at radius 2 is 0.778 bits per heavy atom. The fourth-order valence-corrected chi connectivity index (χ4v) is 5.01. The van der Waals surface area contributed by atoms with Crippen LogP contribution in [0.15, 0.2) is 48.5 Å². The van der Waals surface area contributed by atoms with E-state index in [1.807, 2.05) is 0 Å². The Kier molecular flexibility index (Phi) is 13.6. The van der Waals surface area contributed by atoms with Gasteiger partial charge in [0, 0.05) is 0 Å². The van der Waals surface area contributed by atoms with E-state index in [2.05, 4.69) is 62.4 Å². The van der Waals surface area contributed by atoms with Crippen LogP contribution in [0.3, 0.4) is 0 Å².